The van der Waals surface area contributed by atoms with Crippen molar-refractivity contribution < 1.29 is 14.7 Å². The van der Waals surface area contributed by atoms with E-state index in [9.17, 15) is 9.59 Å². The van der Waals surface area contributed by atoms with Crippen LogP contribution in [-0.4, -0.2) is 34.7 Å². The summed E-state index contributed by atoms with van der Waals surface area (Å²) in [6.07, 6.45) is 5.28. The second kappa shape index (κ2) is 7.36. The van der Waals surface area contributed by atoms with Gasteiger partial charge in [-0.25, -0.2) is 9.59 Å². The van der Waals surface area contributed by atoms with Crippen molar-refractivity contribution in [1.29, 1.82) is 0 Å². The van der Waals surface area contributed by atoms with Crippen LogP contribution in [0.25, 0.3) is 0 Å². The van der Waals surface area contributed by atoms with E-state index in [2.05, 4.69) is 16.9 Å². The number of carboxylic acids is 1. The number of hydrogen-bond donors (Lipinski definition) is 3. The number of rotatable bonds is 5. The van der Waals surface area contributed by atoms with E-state index >= 15 is 0 Å². The monoisotopic (exact) mass is 308 g/mol. The predicted molar refractivity (Wildman–Crippen MR) is 83.7 cm³/mol. The van der Waals surface area contributed by atoms with Gasteiger partial charge in [-0.2, -0.15) is 11.8 Å². The van der Waals surface area contributed by atoms with Crippen molar-refractivity contribution in [3.8, 4) is 0 Å². The van der Waals surface area contributed by atoms with Gasteiger partial charge in [0.25, 0.3) is 0 Å². The largest absolute Gasteiger partial charge is 0.478 e. The SMILES string of the molecule is CSC1CCC(NC(=O)NCc2cccc(C(=O)O)c2)C1. The summed E-state index contributed by atoms with van der Waals surface area (Å²) in [6.45, 7) is 0.325. The quantitative estimate of drug-likeness (QED) is 0.781. The summed E-state index contributed by atoms with van der Waals surface area (Å²) in [5.41, 5.74) is 1.01. The van der Waals surface area contributed by atoms with Gasteiger partial charge in [0, 0.05) is 17.8 Å². The molecule has 1 aliphatic rings. The molecular formula is C15H20N2O3S. The summed E-state index contributed by atoms with van der Waals surface area (Å²) >= 11 is 1.85. The smallest absolute Gasteiger partial charge is 0.335 e. The summed E-state index contributed by atoms with van der Waals surface area (Å²) in [5, 5.41) is 15.3. The van der Waals surface area contributed by atoms with Crippen molar-refractivity contribution >= 4 is 23.8 Å². The number of aromatic carboxylic acids is 1. The molecule has 2 rings (SSSR count). The van der Waals surface area contributed by atoms with Crippen molar-refractivity contribution in [2.75, 3.05) is 6.26 Å². The first-order chi connectivity index (χ1) is 10.1. The van der Waals surface area contributed by atoms with Crippen molar-refractivity contribution in [2.24, 2.45) is 0 Å². The van der Waals surface area contributed by atoms with Gasteiger partial charge in [-0.3, -0.25) is 0 Å². The lowest BCUT2D eigenvalue weighted by Crippen LogP contribution is -2.40. The molecule has 114 valence electrons. The Bertz CT molecular complexity index is 521. The number of benzene rings is 1. The van der Waals surface area contributed by atoms with E-state index in [1.54, 1.807) is 18.2 Å². The molecule has 1 aromatic carbocycles. The Morgan fingerprint density at radius 1 is 1.38 bits per heavy atom. The second-order valence-electron chi connectivity index (χ2n) is 5.20. The molecule has 1 fully saturated rings. The Hall–Kier alpha value is -1.69. The van der Waals surface area contributed by atoms with Gasteiger partial charge in [0.2, 0.25) is 0 Å². The summed E-state index contributed by atoms with van der Waals surface area (Å²) in [6, 6.07) is 6.63. The van der Waals surface area contributed by atoms with E-state index in [0.29, 0.717) is 11.8 Å². The highest BCUT2D eigenvalue weighted by molar-refractivity contribution is 7.99. The minimum atomic E-state index is -0.963. The molecule has 6 heteroatoms. The molecular weight excluding hydrogens is 288 g/mol. The fraction of sp³-hybridized carbons (Fsp3) is 0.467. The number of amides is 2. The first-order valence-corrected chi connectivity index (χ1v) is 8.26. The Balaban J connectivity index is 1.79. The van der Waals surface area contributed by atoms with E-state index < -0.39 is 5.97 Å². The van der Waals surface area contributed by atoms with Gasteiger partial charge in [0.05, 0.1) is 5.56 Å². The minimum Gasteiger partial charge on any atom is -0.478 e. The maximum atomic E-state index is 11.8. The fourth-order valence-electron chi connectivity index (χ4n) is 2.52. The number of carbonyl (C=O) groups excluding carboxylic acids is 1. The van der Waals surface area contributed by atoms with Gasteiger partial charge in [0.1, 0.15) is 0 Å². The molecule has 1 saturated carbocycles. The van der Waals surface area contributed by atoms with Crippen molar-refractivity contribution in [1.82, 2.24) is 10.6 Å². The van der Waals surface area contributed by atoms with Crippen LogP contribution in [0, 0.1) is 0 Å². The highest BCUT2D eigenvalue weighted by Gasteiger charge is 2.24. The molecule has 5 nitrogen and oxygen atoms in total. The summed E-state index contributed by atoms with van der Waals surface area (Å²) < 4.78 is 0. The zero-order valence-corrected chi connectivity index (χ0v) is 12.8. The molecule has 0 heterocycles. The topological polar surface area (TPSA) is 78.4 Å². The normalized spacial score (nSPS) is 21.0. The third kappa shape index (κ3) is 4.67. The lowest BCUT2D eigenvalue weighted by Gasteiger charge is -2.14. The zero-order valence-electron chi connectivity index (χ0n) is 12.0. The molecule has 2 unspecified atom stereocenters. The molecule has 1 aliphatic carbocycles. The maximum Gasteiger partial charge on any atom is 0.335 e. The van der Waals surface area contributed by atoms with Crippen LogP contribution in [0.4, 0.5) is 4.79 Å². The van der Waals surface area contributed by atoms with E-state index in [4.69, 9.17) is 5.11 Å². The first-order valence-electron chi connectivity index (χ1n) is 6.98. The highest BCUT2D eigenvalue weighted by atomic mass is 32.2. The second-order valence-corrected chi connectivity index (χ2v) is 6.34. The van der Waals surface area contributed by atoms with E-state index in [0.717, 1.165) is 24.8 Å². The van der Waals surface area contributed by atoms with Gasteiger partial charge in [-0.1, -0.05) is 12.1 Å². The molecule has 3 N–H and O–H groups in total. The Labute approximate surface area is 128 Å². The third-order valence-corrected chi connectivity index (χ3v) is 4.77. The van der Waals surface area contributed by atoms with Crippen LogP contribution in [0.2, 0.25) is 0 Å². The van der Waals surface area contributed by atoms with Gasteiger partial charge in [0.15, 0.2) is 0 Å². The Morgan fingerprint density at radius 3 is 2.86 bits per heavy atom. The lowest BCUT2D eigenvalue weighted by molar-refractivity contribution is 0.0696. The standard InChI is InChI=1S/C15H20N2O3S/c1-21-13-6-5-12(8-13)17-15(20)16-9-10-3-2-4-11(7-10)14(18)19/h2-4,7,12-13H,5-6,8-9H2,1H3,(H,18,19)(H2,16,17,20). The molecule has 0 spiro atoms. The van der Waals surface area contributed by atoms with E-state index in [1.807, 2.05) is 11.8 Å². The molecule has 1 aromatic rings. The van der Waals surface area contributed by atoms with Gasteiger partial charge in [-0.05, 0) is 43.2 Å². The molecule has 2 amide bonds. The predicted octanol–water partition coefficient (Wildman–Crippen LogP) is 2.47. The molecule has 0 aromatic heterocycles. The number of thioether (sulfide) groups is 1. The Kier molecular flexibility index (Phi) is 5.50. The highest BCUT2D eigenvalue weighted by Crippen LogP contribution is 2.27. The Morgan fingerprint density at radius 2 is 2.19 bits per heavy atom. The molecule has 21 heavy (non-hydrogen) atoms. The van der Waals surface area contributed by atoms with Gasteiger partial charge < -0.3 is 15.7 Å². The maximum absolute atomic E-state index is 11.8. The first kappa shape index (κ1) is 15.7. The average molecular weight is 308 g/mol. The molecule has 0 aliphatic heterocycles. The van der Waals surface area contributed by atoms with Crippen molar-refractivity contribution in [3.05, 3.63) is 35.4 Å². The number of urea groups is 1. The molecule has 0 radical (unpaired) electrons. The van der Waals surface area contributed by atoms with Crippen molar-refractivity contribution in [3.63, 3.8) is 0 Å². The van der Waals surface area contributed by atoms with Crippen LogP contribution in [0.15, 0.2) is 24.3 Å². The number of carboxylic acid groups (broad SMARTS) is 1. The third-order valence-electron chi connectivity index (χ3n) is 3.68. The molecule has 0 saturated heterocycles. The summed E-state index contributed by atoms with van der Waals surface area (Å²) in [7, 11) is 0. The van der Waals surface area contributed by atoms with Crippen LogP contribution >= 0.6 is 11.8 Å². The fourth-order valence-corrected chi connectivity index (χ4v) is 3.31. The summed E-state index contributed by atoms with van der Waals surface area (Å²) in [4.78, 5) is 22.7. The number of nitrogens with one attached hydrogen (secondary N) is 2. The van der Waals surface area contributed by atoms with Crippen LogP contribution < -0.4 is 10.6 Å². The molecule has 0 bridgehead atoms. The van der Waals surface area contributed by atoms with E-state index in [1.165, 1.54) is 6.07 Å². The van der Waals surface area contributed by atoms with Gasteiger partial charge in [-0.15, -0.1) is 0 Å². The van der Waals surface area contributed by atoms with Crippen LogP contribution in [0.5, 0.6) is 0 Å². The van der Waals surface area contributed by atoms with Crippen LogP contribution in [0.3, 0.4) is 0 Å². The van der Waals surface area contributed by atoms with Gasteiger partial charge >= 0.3 is 12.0 Å². The lowest BCUT2D eigenvalue weighted by atomic mass is 10.1. The average Bonchev–Trinajstić information content (AvgIpc) is 2.93. The summed E-state index contributed by atoms with van der Waals surface area (Å²) in [5.74, 6) is -0.963. The zero-order chi connectivity index (χ0) is 15.2. The number of carbonyl (C=O) groups is 2. The van der Waals surface area contributed by atoms with E-state index in [-0.39, 0.29) is 17.6 Å². The number of hydrogen-bond acceptors (Lipinski definition) is 3. The minimum absolute atomic E-state index is 0.192. The van der Waals surface area contributed by atoms with Crippen molar-refractivity contribution in [2.45, 2.75) is 37.1 Å². The van der Waals surface area contributed by atoms with Crippen LogP contribution in [-0.2, 0) is 6.54 Å². The van der Waals surface area contributed by atoms with Crippen LogP contribution in [0.1, 0.15) is 35.2 Å². The molecule has 2 atom stereocenters.